The van der Waals surface area contributed by atoms with Crippen molar-refractivity contribution in [2.24, 2.45) is 5.92 Å². The molecule has 1 unspecified atom stereocenters. The van der Waals surface area contributed by atoms with Crippen LogP contribution in [-0.2, 0) is 11.2 Å². The van der Waals surface area contributed by atoms with Gasteiger partial charge in [-0.15, -0.1) is 0 Å². The number of nitrogens with one attached hydrogen (secondary N) is 1. The van der Waals surface area contributed by atoms with Gasteiger partial charge in [-0.25, -0.2) is 4.79 Å². The first-order valence-electron chi connectivity index (χ1n) is 8.29. The molecule has 0 bridgehead atoms. The van der Waals surface area contributed by atoms with Crippen LogP contribution in [0.1, 0.15) is 61.9 Å². The smallest absolute Gasteiger partial charge is 0.338 e. The van der Waals surface area contributed by atoms with E-state index in [1.165, 1.54) is 12.8 Å². The van der Waals surface area contributed by atoms with E-state index in [0.717, 1.165) is 49.0 Å². The van der Waals surface area contributed by atoms with Gasteiger partial charge in [-0.3, -0.25) is 0 Å². The number of carbonyl (C=O) groups excluding carboxylic acids is 1. The topological polar surface area (TPSA) is 38.3 Å². The monoisotopic (exact) mass is 289 g/mol. The molecule has 0 amide bonds. The van der Waals surface area contributed by atoms with Crippen LogP contribution in [-0.4, -0.2) is 19.1 Å². The van der Waals surface area contributed by atoms with Crippen LogP contribution in [0.4, 0.5) is 5.69 Å². The van der Waals surface area contributed by atoms with Crippen molar-refractivity contribution >= 4 is 11.7 Å². The molecule has 0 spiro atoms. The van der Waals surface area contributed by atoms with Crippen LogP contribution in [0.15, 0.2) is 18.2 Å². The van der Waals surface area contributed by atoms with Crippen molar-refractivity contribution in [3.8, 4) is 0 Å². The second-order valence-corrected chi connectivity index (χ2v) is 5.88. The summed E-state index contributed by atoms with van der Waals surface area (Å²) in [5, 5.41) is 3.35. The van der Waals surface area contributed by atoms with Gasteiger partial charge in [-0.1, -0.05) is 39.2 Å². The van der Waals surface area contributed by atoms with E-state index in [9.17, 15) is 4.79 Å². The first kappa shape index (κ1) is 15.9. The molecule has 1 atom stereocenters. The summed E-state index contributed by atoms with van der Waals surface area (Å²) in [6.45, 7) is 5.90. The lowest BCUT2D eigenvalue weighted by atomic mass is 9.97. The van der Waals surface area contributed by atoms with Crippen molar-refractivity contribution < 1.29 is 9.53 Å². The lowest BCUT2D eigenvalue weighted by Gasteiger charge is -2.21. The van der Waals surface area contributed by atoms with E-state index in [-0.39, 0.29) is 5.97 Å². The van der Waals surface area contributed by atoms with Crippen molar-refractivity contribution in [2.75, 3.05) is 18.5 Å². The van der Waals surface area contributed by atoms with Crippen molar-refractivity contribution in [1.82, 2.24) is 0 Å². The summed E-state index contributed by atoms with van der Waals surface area (Å²) in [4.78, 5) is 12.4. The van der Waals surface area contributed by atoms with Gasteiger partial charge >= 0.3 is 5.97 Å². The molecule has 1 aliphatic heterocycles. The Kier molecular flexibility index (Phi) is 6.09. The van der Waals surface area contributed by atoms with Crippen molar-refractivity contribution in [2.45, 2.75) is 52.4 Å². The Balaban J connectivity index is 1.97. The maximum atomic E-state index is 12.4. The number of carbonyl (C=O) groups is 1. The molecule has 1 N–H and O–H groups in total. The third-order valence-electron chi connectivity index (χ3n) is 4.31. The summed E-state index contributed by atoms with van der Waals surface area (Å²) < 4.78 is 5.58. The van der Waals surface area contributed by atoms with E-state index >= 15 is 0 Å². The summed E-state index contributed by atoms with van der Waals surface area (Å²) >= 11 is 0. The van der Waals surface area contributed by atoms with Crippen LogP contribution in [0, 0.1) is 5.92 Å². The highest BCUT2D eigenvalue weighted by Gasteiger charge is 2.19. The molecule has 0 aliphatic carbocycles. The maximum absolute atomic E-state index is 12.4. The highest BCUT2D eigenvalue weighted by molar-refractivity contribution is 5.93. The largest absolute Gasteiger partial charge is 0.462 e. The average molecular weight is 289 g/mol. The molecule has 116 valence electrons. The van der Waals surface area contributed by atoms with Crippen LogP contribution < -0.4 is 5.32 Å². The van der Waals surface area contributed by atoms with Gasteiger partial charge in [0.05, 0.1) is 12.2 Å². The number of hydrogen-bond acceptors (Lipinski definition) is 3. The average Bonchev–Trinajstić information content (AvgIpc) is 2.54. The quantitative estimate of drug-likeness (QED) is 0.755. The fourth-order valence-electron chi connectivity index (χ4n) is 2.87. The van der Waals surface area contributed by atoms with Crippen LogP contribution >= 0.6 is 0 Å². The highest BCUT2D eigenvalue weighted by atomic mass is 16.5. The number of benzene rings is 1. The zero-order valence-corrected chi connectivity index (χ0v) is 13.3. The number of anilines is 1. The Labute approximate surface area is 128 Å². The van der Waals surface area contributed by atoms with Crippen LogP contribution in [0.5, 0.6) is 0 Å². The molecule has 0 saturated heterocycles. The molecule has 3 nitrogen and oxygen atoms in total. The predicted octanol–water partition coefficient (Wildman–Crippen LogP) is 4.42. The molecule has 1 heterocycles. The lowest BCUT2D eigenvalue weighted by molar-refractivity contribution is 0.0427. The molecule has 0 aromatic heterocycles. The second kappa shape index (κ2) is 8.06. The highest BCUT2D eigenvalue weighted by Crippen LogP contribution is 2.26. The molecule has 1 aromatic carbocycles. The van der Waals surface area contributed by atoms with Crippen LogP contribution in [0.3, 0.4) is 0 Å². The predicted molar refractivity (Wildman–Crippen MR) is 86.8 cm³/mol. The minimum absolute atomic E-state index is 0.162. The Hall–Kier alpha value is -1.51. The Morgan fingerprint density at radius 1 is 1.38 bits per heavy atom. The molecular weight excluding hydrogens is 262 g/mol. The van der Waals surface area contributed by atoms with Gasteiger partial charge in [-0.2, -0.15) is 0 Å². The van der Waals surface area contributed by atoms with Gasteiger partial charge in [0, 0.05) is 12.2 Å². The number of unbranched alkanes of at least 4 members (excludes halogenated alkanes) is 1. The lowest BCUT2D eigenvalue weighted by Crippen LogP contribution is -2.19. The minimum Gasteiger partial charge on any atom is -0.462 e. The summed E-state index contributed by atoms with van der Waals surface area (Å²) in [7, 11) is 0. The molecule has 0 radical (unpaired) electrons. The Bertz CT molecular complexity index is 470. The van der Waals surface area contributed by atoms with Crippen molar-refractivity contribution in [1.29, 1.82) is 0 Å². The first-order chi connectivity index (χ1) is 10.3. The molecule has 0 saturated carbocycles. The number of esters is 1. The number of ether oxygens (including phenoxy) is 1. The van der Waals surface area contributed by atoms with Gasteiger partial charge in [0.1, 0.15) is 0 Å². The third kappa shape index (κ3) is 4.23. The Morgan fingerprint density at radius 3 is 3.00 bits per heavy atom. The van der Waals surface area contributed by atoms with Gasteiger partial charge in [0.25, 0.3) is 0 Å². The van der Waals surface area contributed by atoms with Crippen molar-refractivity contribution in [3.63, 3.8) is 0 Å². The normalized spacial score (nSPS) is 15.0. The standard InChI is InChI=1S/C18H27NO2/c1-3-5-8-14(4-2)13-21-18(20)16-9-6-11-17-15(16)10-7-12-19-17/h6,9,11,14,19H,3-5,7-8,10,12-13H2,1-2H3. The molecule has 3 heteroatoms. The van der Waals surface area contributed by atoms with E-state index in [1.807, 2.05) is 18.2 Å². The number of fused-ring (bicyclic) bond motifs is 1. The molecule has 2 rings (SSSR count). The number of hydrogen-bond donors (Lipinski definition) is 1. The molecule has 21 heavy (non-hydrogen) atoms. The summed E-state index contributed by atoms with van der Waals surface area (Å²) in [6.07, 6.45) is 6.66. The fourth-order valence-corrected chi connectivity index (χ4v) is 2.87. The zero-order valence-electron chi connectivity index (χ0n) is 13.3. The molecule has 0 fully saturated rings. The van der Waals surface area contributed by atoms with Gasteiger partial charge < -0.3 is 10.1 Å². The SMILES string of the molecule is CCCCC(CC)COC(=O)c1cccc2c1CCCN2. The van der Waals surface area contributed by atoms with Gasteiger partial charge in [-0.05, 0) is 42.9 Å². The fraction of sp³-hybridized carbons (Fsp3) is 0.611. The molecule has 1 aromatic rings. The summed E-state index contributed by atoms with van der Waals surface area (Å²) in [5.74, 6) is 0.331. The maximum Gasteiger partial charge on any atom is 0.338 e. The first-order valence-corrected chi connectivity index (χ1v) is 8.29. The third-order valence-corrected chi connectivity index (χ3v) is 4.31. The van der Waals surface area contributed by atoms with E-state index in [1.54, 1.807) is 0 Å². The summed E-state index contributed by atoms with van der Waals surface area (Å²) in [6, 6.07) is 5.87. The zero-order chi connectivity index (χ0) is 15.1. The number of rotatable bonds is 7. The second-order valence-electron chi connectivity index (χ2n) is 5.88. The van der Waals surface area contributed by atoms with Crippen molar-refractivity contribution in [3.05, 3.63) is 29.3 Å². The minimum atomic E-state index is -0.162. The van der Waals surface area contributed by atoms with Gasteiger partial charge in [0.2, 0.25) is 0 Å². The molecule has 1 aliphatic rings. The summed E-state index contributed by atoms with van der Waals surface area (Å²) in [5.41, 5.74) is 2.95. The van der Waals surface area contributed by atoms with E-state index in [0.29, 0.717) is 12.5 Å². The van der Waals surface area contributed by atoms with Gasteiger partial charge in [0.15, 0.2) is 0 Å². The molecular formula is C18H27NO2. The van der Waals surface area contributed by atoms with Crippen LogP contribution in [0.2, 0.25) is 0 Å². The van der Waals surface area contributed by atoms with E-state index < -0.39 is 0 Å². The van der Waals surface area contributed by atoms with Crippen LogP contribution in [0.25, 0.3) is 0 Å². The Morgan fingerprint density at radius 2 is 2.24 bits per heavy atom. The van der Waals surface area contributed by atoms with E-state index in [2.05, 4.69) is 19.2 Å². The van der Waals surface area contributed by atoms with E-state index in [4.69, 9.17) is 4.74 Å².